The average Bonchev–Trinajstić information content (AvgIpc) is 0.902. The molecule has 0 heterocycles. The summed E-state index contributed by atoms with van der Waals surface area (Å²) in [6.07, 6.45) is 111. The summed E-state index contributed by atoms with van der Waals surface area (Å²) < 4.78 is 61.4. The highest BCUT2D eigenvalue weighted by molar-refractivity contribution is 7.47. The molecule has 0 aromatic carbocycles. The number of hydrogen-bond acceptors (Lipinski definition) is 14. The molecule has 0 aliphatic rings. The Morgan fingerprint density at radius 3 is 0.730 bits per heavy atom. The standard InChI is InChI=1S/C97H170O16P2/c1-4-7-10-13-16-19-22-25-28-30-32-34-36-38-40-42-43-44-45-46-47-49-51-52-54-56-58-60-63-65-68-71-74-77-80-83-95(100)107-86-92(98)87-109-114(103,104)110-88-93(99)89-111-115(105,106)112-91-94(113-97(102)85-82-79-76-73-70-67-62-27-24-21-18-15-12-9-6-3)90-108-96(101)84-81-78-75-72-69-66-64-61-59-57-55-53-50-48-41-39-37-35-33-31-29-26-23-20-17-14-11-8-5-2/h7,10,16-21,25-29,32-35,38-41,62,92-94,98-99H,4-6,8-9,11-15,22-24,30-31,36-37,42-61,63-91H2,1-3H3,(H,103,104)(H,105,106)/b10-7-,19-16-,20-17-,21-18-,28-25-,29-26-,34-32-,35-33-,40-38-,41-39-,62-27-. The normalized spacial score (nSPS) is 14.4. The predicted molar refractivity (Wildman–Crippen MR) is 482 cm³/mol. The summed E-state index contributed by atoms with van der Waals surface area (Å²) in [5.41, 5.74) is 0. The highest BCUT2D eigenvalue weighted by Gasteiger charge is 2.29. The van der Waals surface area contributed by atoms with Gasteiger partial charge in [0.2, 0.25) is 0 Å². The van der Waals surface area contributed by atoms with Gasteiger partial charge in [-0.1, -0.05) is 379 Å². The SMILES string of the molecule is CC/C=C\C/C=C\C/C=C\C/C=C\C/C=C\CCCCCCCCCCCCCCCCCCCCCC(=O)OCC(O)COP(=O)(O)OCC(O)COP(=O)(O)OCC(COC(=O)CCCCCCCCCCCCCCC/C=C\C/C=C\C/C=C\C/C=C\CCCCC)OC(=O)CCCCCCC/C=C\C/C=C\CCCCC. The van der Waals surface area contributed by atoms with Crippen LogP contribution in [0.1, 0.15) is 406 Å². The number of allylic oxidation sites excluding steroid dienone is 22. The van der Waals surface area contributed by atoms with Gasteiger partial charge in [-0.2, -0.15) is 0 Å². The van der Waals surface area contributed by atoms with E-state index < -0.39 is 91.5 Å². The third-order valence-electron chi connectivity index (χ3n) is 19.8. The minimum atomic E-state index is -4.94. The van der Waals surface area contributed by atoms with Crippen LogP contribution in [0.4, 0.5) is 0 Å². The molecule has 115 heavy (non-hydrogen) atoms. The van der Waals surface area contributed by atoms with Gasteiger partial charge in [-0.15, -0.1) is 0 Å². The van der Waals surface area contributed by atoms with Crippen LogP contribution in [-0.4, -0.2) is 95.9 Å². The molecule has 0 saturated heterocycles. The molecule has 0 saturated carbocycles. The molecule has 5 atom stereocenters. The summed E-state index contributed by atoms with van der Waals surface area (Å²) in [5, 5.41) is 20.7. The maximum absolute atomic E-state index is 13.0. The molecule has 4 N–H and O–H groups in total. The van der Waals surface area contributed by atoms with Crippen LogP contribution < -0.4 is 0 Å². The molecule has 0 aromatic heterocycles. The number of hydrogen-bond donors (Lipinski definition) is 4. The smallest absolute Gasteiger partial charge is 0.463 e. The number of esters is 3. The van der Waals surface area contributed by atoms with Crippen LogP contribution in [-0.2, 0) is 55.8 Å². The van der Waals surface area contributed by atoms with Crippen LogP contribution in [0.15, 0.2) is 134 Å². The Labute approximate surface area is 703 Å². The molecule has 0 bridgehead atoms. The number of unbranched alkanes of at least 4 members (excludes halogenated alkanes) is 43. The second-order valence-corrected chi connectivity index (χ2v) is 34.0. The zero-order chi connectivity index (χ0) is 83.6. The van der Waals surface area contributed by atoms with Gasteiger partial charge >= 0.3 is 33.6 Å². The highest BCUT2D eigenvalue weighted by atomic mass is 31.2. The van der Waals surface area contributed by atoms with E-state index in [-0.39, 0.29) is 19.3 Å². The van der Waals surface area contributed by atoms with E-state index in [9.17, 15) is 43.5 Å². The van der Waals surface area contributed by atoms with Crippen molar-refractivity contribution in [3.63, 3.8) is 0 Å². The van der Waals surface area contributed by atoms with E-state index in [1.807, 2.05) is 0 Å². The van der Waals surface area contributed by atoms with E-state index in [0.29, 0.717) is 19.3 Å². The van der Waals surface area contributed by atoms with Crippen molar-refractivity contribution in [3.05, 3.63) is 134 Å². The molecular weight excluding hydrogens is 1480 g/mol. The van der Waals surface area contributed by atoms with Crippen LogP contribution in [0.25, 0.3) is 0 Å². The molecule has 5 unspecified atom stereocenters. The van der Waals surface area contributed by atoms with Gasteiger partial charge in [0.15, 0.2) is 6.10 Å². The van der Waals surface area contributed by atoms with Gasteiger partial charge in [-0.05, 0) is 141 Å². The van der Waals surface area contributed by atoms with Crippen LogP contribution in [0.2, 0.25) is 0 Å². The monoisotopic (exact) mass is 1650 g/mol. The van der Waals surface area contributed by atoms with E-state index in [2.05, 4.69) is 154 Å². The van der Waals surface area contributed by atoms with Crippen LogP contribution in [0.3, 0.4) is 0 Å². The number of aliphatic hydroxyl groups is 2. The third-order valence-corrected chi connectivity index (χ3v) is 21.7. The van der Waals surface area contributed by atoms with Gasteiger partial charge in [0.05, 0.1) is 26.4 Å². The van der Waals surface area contributed by atoms with Gasteiger partial charge in [-0.25, -0.2) is 9.13 Å². The molecule has 0 fully saturated rings. The molecular formula is C97H170O16P2. The van der Waals surface area contributed by atoms with Crippen molar-refractivity contribution in [3.8, 4) is 0 Å². The highest BCUT2D eigenvalue weighted by Crippen LogP contribution is 2.45. The lowest BCUT2D eigenvalue weighted by molar-refractivity contribution is -0.161. The van der Waals surface area contributed by atoms with Crippen molar-refractivity contribution >= 4 is 33.6 Å². The summed E-state index contributed by atoms with van der Waals surface area (Å²) >= 11 is 0. The third kappa shape index (κ3) is 90.3. The summed E-state index contributed by atoms with van der Waals surface area (Å²) in [7, 11) is -9.80. The molecule has 664 valence electrons. The first-order chi connectivity index (χ1) is 56.2. The molecule has 0 aromatic rings. The first-order valence-electron chi connectivity index (χ1n) is 46.5. The van der Waals surface area contributed by atoms with Crippen molar-refractivity contribution in [2.45, 2.75) is 424 Å². The number of ether oxygens (including phenoxy) is 3. The number of rotatable bonds is 88. The van der Waals surface area contributed by atoms with E-state index in [1.54, 1.807) is 0 Å². The molecule has 0 rings (SSSR count). The lowest BCUT2D eigenvalue weighted by atomic mass is 10.0. The Kier molecular flexibility index (Phi) is 85.6. The summed E-state index contributed by atoms with van der Waals surface area (Å²) in [4.78, 5) is 58.9. The van der Waals surface area contributed by atoms with Gasteiger partial charge < -0.3 is 34.2 Å². The van der Waals surface area contributed by atoms with Crippen molar-refractivity contribution in [2.75, 3.05) is 39.6 Å². The lowest BCUT2D eigenvalue weighted by Crippen LogP contribution is -2.30. The minimum absolute atomic E-state index is 0.0884. The summed E-state index contributed by atoms with van der Waals surface area (Å²) in [6, 6.07) is 0. The number of carbonyl (C=O) groups excluding carboxylic acids is 3. The van der Waals surface area contributed by atoms with E-state index in [0.717, 1.165) is 141 Å². The Hall–Kier alpha value is -4.31. The molecule has 0 spiro atoms. The van der Waals surface area contributed by atoms with Crippen LogP contribution in [0.5, 0.6) is 0 Å². The average molecular weight is 1650 g/mol. The zero-order valence-corrected chi connectivity index (χ0v) is 75.0. The number of phosphoric acid groups is 2. The Morgan fingerprint density at radius 1 is 0.252 bits per heavy atom. The topological polar surface area (TPSA) is 231 Å². The fraction of sp³-hybridized carbons (Fsp3) is 0.742. The van der Waals surface area contributed by atoms with Gasteiger partial charge in [0.25, 0.3) is 0 Å². The first kappa shape index (κ1) is 111. The maximum atomic E-state index is 13.0. The van der Waals surface area contributed by atoms with Crippen LogP contribution in [0, 0.1) is 0 Å². The maximum Gasteiger partial charge on any atom is 0.472 e. The van der Waals surface area contributed by atoms with E-state index in [4.69, 9.17) is 32.3 Å². The largest absolute Gasteiger partial charge is 0.472 e. The fourth-order valence-electron chi connectivity index (χ4n) is 12.8. The minimum Gasteiger partial charge on any atom is -0.463 e. The molecule has 0 aliphatic heterocycles. The predicted octanol–water partition coefficient (Wildman–Crippen LogP) is 28.6. The summed E-state index contributed by atoms with van der Waals surface area (Å²) in [6.45, 7) is 2.55. The van der Waals surface area contributed by atoms with Crippen molar-refractivity contribution in [2.24, 2.45) is 0 Å². The van der Waals surface area contributed by atoms with Gasteiger partial charge in [0, 0.05) is 19.3 Å². The fourth-order valence-corrected chi connectivity index (χ4v) is 14.4. The second-order valence-electron chi connectivity index (χ2n) is 31.1. The lowest BCUT2D eigenvalue weighted by Gasteiger charge is -2.21. The van der Waals surface area contributed by atoms with Gasteiger partial charge in [0.1, 0.15) is 25.4 Å². The van der Waals surface area contributed by atoms with E-state index >= 15 is 0 Å². The van der Waals surface area contributed by atoms with Gasteiger partial charge in [-0.3, -0.25) is 32.5 Å². The zero-order valence-electron chi connectivity index (χ0n) is 73.2. The second kappa shape index (κ2) is 89.0. The quantitative estimate of drug-likeness (QED) is 0.0146. The first-order valence-corrected chi connectivity index (χ1v) is 49.5. The van der Waals surface area contributed by atoms with Crippen molar-refractivity contribution < 1.29 is 75.8 Å². The van der Waals surface area contributed by atoms with Crippen molar-refractivity contribution in [1.29, 1.82) is 0 Å². The molecule has 0 radical (unpaired) electrons. The van der Waals surface area contributed by atoms with E-state index in [1.165, 1.54) is 205 Å². The van der Waals surface area contributed by atoms with Crippen molar-refractivity contribution in [1.82, 2.24) is 0 Å². The number of aliphatic hydroxyl groups excluding tert-OH is 2. The number of phosphoric ester groups is 2. The molecule has 16 nitrogen and oxygen atoms in total. The Bertz CT molecular complexity index is 2620. The van der Waals surface area contributed by atoms with Crippen LogP contribution >= 0.6 is 15.6 Å². The Morgan fingerprint density at radius 2 is 0.461 bits per heavy atom. The number of carbonyl (C=O) groups is 3. The Balaban J connectivity index is 4.42. The summed E-state index contributed by atoms with van der Waals surface area (Å²) in [5.74, 6) is -1.58. The molecule has 0 aliphatic carbocycles. The molecule has 0 amide bonds. The molecule has 18 heteroatoms.